The van der Waals surface area contributed by atoms with E-state index in [4.69, 9.17) is 0 Å². The van der Waals surface area contributed by atoms with Crippen molar-refractivity contribution in [2.45, 2.75) is 57.3 Å². The molecule has 1 aliphatic heterocycles. The molecule has 0 spiro atoms. The van der Waals surface area contributed by atoms with E-state index in [-0.39, 0.29) is 5.54 Å². The summed E-state index contributed by atoms with van der Waals surface area (Å²) in [7, 11) is 0. The van der Waals surface area contributed by atoms with Gasteiger partial charge in [0, 0.05) is 17.8 Å². The predicted octanol–water partition coefficient (Wildman–Crippen LogP) is 1.64. The summed E-state index contributed by atoms with van der Waals surface area (Å²) >= 11 is 1.77. The molecule has 21 heavy (non-hydrogen) atoms. The first kappa shape index (κ1) is 16.7. The minimum atomic E-state index is 0.136. The zero-order chi connectivity index (χ0) is 15.1. The number of rotatable bonds is 8. The highest BCUT2D eigenvalue weighted by Gasteiger charge is 2.12. The van der Waals surface area contributed by atoms with Gasteiger partial charge in [0.15, 0.2) is 0 Å². The van der Waals surface area contributed by atoms with Crippen molar-refractivity contribution in [1.29, 1.82) is 0 Å². The first-order valence-electron chi connectivity index (χ1n) is 7.91. The van der Waals surface area contributed by atoms with E-state index in [2.05, 4.69) is 46.5 Å². The van der Waals surface area contributed by atoms with Crippen molar-refractivity contribution in [3.8, 4) is 0 Å². The van der Waals surface area contributed by atoms with Gasteiger partial charge in [-0.25, -0.2) is 4.68 Å². The summed E-state index contributed by atoms with van der Waals surface area (Å²) in [6.45, 7) is 12.0. The van der Waals surface area contributed by atoms with Crippen LogP contribution in [0.4, 0.5) is 0 Å². The van der Waals surface area contributed by atoms with Gasteiger partial charge in [-0.3, -0.25) is 0 Å². The molecule has 0 bridgehead atoms. The second-order valence-corrected chi connectivity index (χ2v) is 7.67. The molecule has 1 fully saturated rings. The number of hydrogen-bond donors (Lipinski definition) is 1. The lowest BCUT2D eigenvalue weighted by Crippen LogP contribution is -2.38. The minimum absolute atomic E-state index is 0.136. The summed E-state index contributed by atoms with van der Waals surface area (Å²) < 4.78 is 1.90. The number of hydrogen-bond acceptors (Lipinski definition) is 6. The fraction of sp³-hybridized carbons (Fsp3) is 0.929. The molecule has 7 heteroatoms. The summed E-state index contributed by atoms with van der Waals surface area (Å²) in [5, 5.41) is 16.4. The lowest BCUT2D eigenvalue weighted by molar-refractivity contribution is 0.340. The molecule has 120 valence electrons. The first-order valence-corrected chi connectivity index (χ1v) is 8.89. The Labute approximate surface area is 132 Å². The molecule has 2 heterocycles. The van der Waals surface area contributed by atoms with Crippen molar-refractivity contribution in [2.24, 2.45) is 0 Å². The Kier molecular flexibility index (Phi) is 6.44. The maximum absolute atomic E-state index is 4.12. The molecule has 0 aliphatic carbocycles. The van der Waals surface area contributed by atoms with E-state index < -0.39 is 0 Å². The molecular weight excluding hydrogens is 284 g/mol. The molecule has 0 amide bonds. The van der Waals surface area contributed by atoms with Crippen molar-refractivity contribution in [3.05, 3.63) is 0 Å². The Hall–Kier alpha value is -0.660. The van der Waals surface area contributed by atoms with Gasteiger partial charge in [0.2, 0.25) is 5.16 Å². The van der Waals surface area contributed by atoms with Crippen molar-refractivity contribution in [3.63, 3.8) is 0 Å². The highest BCUT2D eigenvalue weighted by molar-refractivity contribution is 7.99. The summed E-state index contributed by atoms with van der Waals surface area (Å²) in [5.74, 6) is 1.09. The lowest BCUT2D eigenvalue weighted by atomic mass is 10.1. The second-order valence-electron chi connectivity index (χ2n) is 6.61. The van der Waals surface area contributed by atoms with E-state index in [9.17, 15) is 0 Å². The number of nitrogens with zero attached hydrogens (tertiary/aromatic N) is 5. The van der Waals surface area contributed by atoms with Crippen molar-refractivity contribution in [2.75, 3.05) is 31.9 Å². The second kappa shape index (κ2) is 8.10. The Morgan fingerprint density at radius 1 is 1.19 bits per heavy atom. The third kappa shape index (κ3) is 6.32. The topological polar surface area (TPSA) is 58.9 Å². The van der Waals surface area contributed by atoms with Crippen LogP contribution in [-0.4, -0.2) is 62.6 Å². The zero-order valence-electron chi connectivity index (χ0n) is 13.5. The van der Waals surface area contributed by atoms with Crippen LogP contribution in [0, 0.1) is 0 Å². The van der Waals surface area contributed by atoms with Crippen LogP contribution in [0.1, 0.15) is 40.0 Å². The summed E-state index contributed by atoms with van der Waals surface area (Å²) in [4.78, 5) is 2.55. The van der Waals surface area contributed by atoms with Crippen molar-refractivity contribution < 1.29 is 0 Å². The van der Waals surface area contributed by atoms with Gasteiger partial charge < -0.3 is 10.2 Å². The Bertz CT molecular complexity index is 408. The average molecular weight is 312 g/mol. The molecule has 0 aromatic carbocycles. The van der Waals surface area contributed by atoms with Crippen LogP contribution in [-0.2, 0) is 6.54 Å². The lowest BCUT2D eigenvalue weighted by Gasteiger charge is -2.20. The normalized spacial score (nSPS) is 16.7. The molecule has 1 aromatic rings. The highest BCUT2D eigenvalue weighted by atomic mass is 32.2. The zero-order valence-corrected chi connectivity index (χ0v) is 14.3. The van der Waals surface area contributed by atoms with Gasteiger partial charge in [-0.15, -0.1) is 5.10 Å². The van der Waals surface area contributed by atoms with Gasteiger partial charge in [0.25, 0.3) is 0 Å². The molecular formula is C14H28N6S. The molecule has 0 unspecified atom stereocenters. The molecule has 0 radical (unpaired) electrons. The van der Waals surface area contributed by atoms with Crippen LogP contribution in [0.3, 0.4) is 0 Å². The average Bonchev–Trinajstić information content (AvgIpc) is 3.04. The fourth-order valence-electron chi connectivity index (χ4n) is 2.43. The standard InChI is InChI=1S/C14H28N6S/c1-14(2,3)15-7-11-20-13(16-17-18-20)21-12-6-10-19-8-4-5-9-19/h15H,4-12H2,1-3H3. The molecule has 2 rings (SSSR count). The van der Waals surface area contributed by atoms with E-state index in [1.165, 1.54) is 38.9 Å². The number of likely N-dealkylation sites (tertiary alicyclic amines) is 1. The molecule has 1 saturated heterocycles. The van der Waals surface area contributed by atoms with Crippen LogP contribution in [0.2, 0.25) is 0 Å². The van der Waals surface area contributed by atoms with Crippen LogP contribution in [0.25, 0.3) is 0 Å². The van der Waals surface area contributed by atoms with E-state index in [1.54, 1.807) is 11.8 Å². The van der Waals surface area contributed by atoms with Crippen LogP contribution in [0.15, 0.2) is 5.16 Å². The first-order chi connectivity index (χ1) is 10.0. The van der Waals surface area contributed by atoms with Crippen LogP contribution in [0.5, 0.6) is 0 Å². The van der Waals surface area contributed by atoms with Crippen molar-refractivity contribution >= 4 is 11.8 Å². The fourth-order valence-corrected chi connectivity index (χ4v) is 3.26. The minimum Gasteiger partial charge on any atom is -0.310 e. The van der Waals surface area contributed by atoms with E-state index >= 15 is 0 Å². The van der Waals surface area contributed by atoms with Gasteiger partial charge in [0.1, 0.15) is 0 Å². The van der Waals surface area contributed by atoms with Gasteiger partial charge in [-0.05, 0) is 70.1 Å². The van der Waals surface area contributed by atoms with E-state index in [0.29, 0.717) is 0 Å². The number of aromatic nitrogens is 4. The molecule has 1 N–H and O–H groups in total. The summed E-state index contributed by atoms with van der Waals surface area (Å²) in [6.07, 6.45) is 3.94. The summed E-state index contributed by atoms with van der Waals surface area (Å²) in [6, 6.07) is 0. The third-order valence-electron chi connectivity index (χ3n) is 3.53. The Morgan fingerprint density at radius 3 is 2.67 bits per heavy atom. The van der Waals surface area contributed by atoms with E-state index in [1.807, 2.05) is 4.68 Å². The smallest absolute Gasteiger partial charge is 0.209 e. The van der Waals surface area contributed by atoms with Gasteiger partial charge in [-0.2, -0.15) is 0 Å². The number of thioether (sulfide) groups is 1. The molecule has 0 atom stereocenters. The van der Waals surface area contributed by atoms with Crippen LogP contribution >= 0.6 is 11.8 Å². The van der Waals surface area contributed by atoms with Gasteiger partial charge >= 0.3 is 0 Å². The maximum Gasteiger partial charge on any atom is 0.209 e. The monoisotopic (exact) mass is 312 g/mol. The van der Waals surface area contributed by atoms with Crippen molar-refractivity contribution in [1.82, 2.24) is 30.4 Å². The highest BCUT2D eigenvalue weighted by Crippen LogP contribution is 2.16. The Balaban J connectivity index is 1.65. The summed E-state index contributed by atoms with van der Waals surface area (Å²) in [5.41, 5.74) is 0.136. The molecule has 1 aromatic heterocycles. The van der Waals surface area contributed by atoms with Crippen LogP contribution < -0.4 is 5.32 Å². The maximum atomic E-state index is 4.12. The third-order valence-corrected chi connectivity index (χ3v) is 4.57. The van der Waals surface area contributed by atoms with E-state index in [0.717, 1.165) is 24.0 Å². The van der Waals surface area contributed by atoms with Gasteiger partial charge in [0.05, 0.1) is 6.54 Å². The molecule has 0 saturated carbocycles. The molecule has 1 aliphatic rings. The Morgan fingerprint density at radius 2 is 1.95 bits per heavy atom. The largest absolute Gasteiger partial charge is 0.310 e. The quantitative estimate of drug-likeness (QED) is 0.582. The number of nitrogens with one attached hydrogen (secondary N) is 1. The molecule has 6 nitrogen and oxygen atoms in total. The SMILES string of the molecule is CC(C)(C)NCCn1nnnc1SCCCN1CCCC1. The predicted molar refractivity (Wildman–Crippen MR) is 86.6 cm³/mol. The van der Waals surface area contributed by atoms with Gasteiger partial charge in [-0.1, -0.05) is 11.8 Å². The number of tetrazole rings is 1.